The summed E-state index contributed by atoms with van der Waals surface area (Å²) < 4.78 is 5.18. The third kappa shape index (κ3) is 2.27. The Hall–Kier alpha value is -1.29. The first-order chi connectivity index (χ1) is 7.29. The van der Waals surface area contributed by atoms with Crippen molar-refractivity contribution in [1.82, 2.24) is 0 Å². The quantitative estimate of drug-likeness (QED) is 0.766. The minimum absolute atomic E-state index is 0.116. The Labute approximate surface area is 95.8 Å². The normalized spacial score (nSPS) is 21.8. The summed E-state index contributed by atoms with van der Waals surface area (Å²) >= 11 is 0. The summed E-state index contributed by atoms with van der Waals surface area (Å²) in [6.07, 6.45) is 2.33. The number of methoxy groups -OCH3 is 1. The van der Waals surface area contributed by atoms with E-state index < -0.39 is 5.97 Å². The van der Waals surface area contributed by atoms with E-state index in [4.69, 9.17) is 15.6 Å². The smallest absolute Gasteiger partial charge is 0.339 e. The molecule has 0 saturated heterocycles. The van der Waals surface area contributed by atoms with Crippen molar-refractivity contribution in [3.05, 3.63) is 23.0 Å². The Balaban J connectivity index is 3.15. The molecule has 1 unspecified atom stereocenters. The maximum Gasteiger partial charge on any atom is 0.339 e. The molecule has 0 fully saturated rings. The molecule has 4 nitrogen and oxygen atoms in total. The van der Waals surface area contributed by atoms with Crippen LogP contribution in [0.3, 0.4) is 0 Å². The van der Waals surface area contributed by atoms with E-state index in [0.717, 1.165) is 5.57 Å². The third-order valence-corrected chi connectivity index (χ3v) is 3.02. The number of rotatable bonds is 3. The largest absolute Gasteiger partial charge is 0.496 e. The van der Waals surface area contributed by atoms with Crippen molar-refractivity contribution in [1.29, 1.82) is 0 Å². The maximum absolute atomic E-state index is 11.0. The average molecular weight is 225 g/mol. The Morgan fingerprint density at radius 2 is 2.19 bits per heavy atom. The fourth-order valence-electron chi connectivity index (χ4n) is 2.19. The van der Waals surface area contributed by atoms with Gasteiger partial charge in [0.2, 0.25) is 0 Å². The number of carboxylic acid groups (broad SMARTS) is 1. The summed E-state index contributed by atoms with van der Waals surface area (Å²) in [7, 11) is 1.49. The van der Waals surface area contributed by atoms with Crippen LogP contribution in [0, 0.1) is 5.92 Å². The molecule has 90 valence electrons. The van der Waals surface area contributed by atoms with Crippen LogP contribution >= 0.6 is 0 Å². The summed E-state index contributed by atoms with van der Waals surface area (Å²) in [6, 6.07) is 0. The first-order valence-corrected chi connectivity index (χ1v) is 5.26. The summed E-state index contributed by atoms with van der Waals surface area (Å²) in [5.74, 6) is -0.391. The lowest BCUT2D eigenvalue weighted by Gasteiger charge is -2.34. The molecule has 0 amide bonds. The van der Waals surface area contributed by atoms with Gasteiger partial charge in [-0.3, -0.25) is 0 Å². The molecule has 0 heterocycles. The lowest BCUT2D eigenvalue weighted by Crippen LogP contribution is -2.42. The number of nitrogens with two attached hydrogens (primary N) is 1. The van der Waals surface area contributed by atoms with Crippen molar-refractivity contribution in [2.75, 3.05) is 7.11 Å². The van der Waals surface area contributed by atoms with Gasteiger partial charge in [0.25, 0.3) is 0 Å². The fourth-order valence-corrected chi connectivity index (χ4v) is 2.19. The molecule has 0 aliphatic heterocycles. The van der Waals surface area contributed by atoms with Crippen LogP contribution in [-0.2, 0) is 9.53 Å². The molecule has 0 aromatic carbocycles. The third-order valence-electron chi connectivity index (χ3n) is 3.02. The molecule has 3 N–H and O–H groups in total. The van der Waals surface area contributed by atoms with Crippen molar-refractivity contribution in [3.8, 4) is 0 Å². The Morgan fingerprint density at radius 3 is 2.56 bits per heavy atom. The number of allylic oxidation sites excluding steroid dienone is 1. The van der Waals surface area contributed by atoms with Gasteiger partial charge in [0.15, 0.2) is 0 Å². The highest BCUT2D eigenvalue weighted by Gasteiger charge is 2.33. The zero-order valence-corrected chi connectivity index (χ0v) is 10.2. The van der Waals surface area contributed by atoms with E-state index >= 15 is 0 Å². The van der Waals surface area contributed by atoms with Gasteiger partial charge in [-0.2, -0.15) is 0 Å². The molecule has 1 atom stereocenters. The Kier molecular flexibility index (Phi) is 3.43. The van der Waals surface area contributed by atoms with Gasteiger partial charge in [-0.25, -0.2) is 4.79 Å². The van der Waals surface area contributed by atoms with Crippen LogP contribution in [-0.4, -0.2) is 23.7 Å². The molecule has 0 radical (unpaired) electrons. The summed E-state index contributed by atoms with van der Waals surface area (Å²) in [5.41, 5.74) is 6.84. The second-order valence-corrected chi connectivity index (χ2v) is 4.75. The minimum Gasteiger partial charge on any atom is -0.496 e. The van der Waals surface area contributed by atoms with Crippen molar-refractivity contribution in [2.45, 2.75) is 32.7 Å². The molecule has 1 aliphatic rings. The molecule has 0 aromatic rings. The molecule has 16 heavy (non-hydrogen) atoms. The van der Waals surface area contributed by atoms with Crippen LogP contribution in [0.15, 0.2) is 23.0 Å². The van der Waals surface area contributed by atoms with Gasteiger partial charge < -0.3 is 15.6 Å². The molecule has 0 bridgehead atoms. The predicted molar refractivity (Wildman–Crippen MR) is 61.8 cm³/mol. The highest BCUT2D eigenvalue weighted by Crippen LogP contribution is 2.35. The van der Waals surface area contributed by atoms with Crippen LogP contribution in [0.4, 0.5) is 0 Å². The van der Waals surface area contributed by atoms with Gasteiger partial charge in [0.05, 0.1) is 12.7 Å². The Morgan fingerprint density at radius 1 is 1.62 bits per heavy atom. The molecular formula is C12H19NO3. The first kappa shape index (κ1) is 12.8. The molecule has 1 aliphatic carbocycles. The SMILES string of the molecule is COC1=C(C)C(C(C)(C)N)CC=C1C(=O)O. The first-order valence-electron chi connectivity index (χ1n) is 5.26. The van der Waals surface area contributed by atoms with Gasteiger partial charge in [-0.15, -0.1) is 0 Å². The van der Waals surface area contributed by atoms with Gasteiger partial charge >= 0.3 is 5.97 Å². The molecule has 0 saturated carbocycles. The number of carbonyl (C=O) groups is 1. The number of carboxylic acids is 1. The van der Waals surface area contributed by atoms with E-state index in [9.17, 15) is 4.79 Å². The molecular weight excluding hydrogens is 206 g/mol. The molecule has 0 spiro atoms. The van der Waals surface area contributed by atoms with Crippen molar-refractivity contribution in [3.63, 3.8) is 0 Å². The van der Waals surface area contributed by atoms with E-state index in [-0.39, 0.29) is 17.0 Å². The van der Waals surface area contributed by atoms with Crippen LogP contribution < -0.4 is 5.73 Å². The lowest BCUT2D eigenvalue weighted by atomic mass is 9.76. The number of hydrogen-bond acceptors (Lipinski definition) is 3. The number of hydrogen-bond donors (Lipinski definition) is 2. The molecule has 4 heteroatoms. The highest BCUT2D eigenvalue weighted by molar-refractivity contribution is 5.91. The van der Waals surface area contributed by atoms with Crippen molar-refractivity contribution < 1.29 is 14.6 Å². The Bertz CT molecular complexity index is 361. The highest BCUT2D eigenvalue weighted by atomic mass is 16.5. The van der Waals surface area contributed by atoms with Crippen molar-refractivity contribution in [2.24, 2.45) is 11.7 Å². The second-order valence-electron chi connectivity index (χ2n) is 4.75. The standard InChI is InChI=1S/C12H19NO3/c1-7-9(12(2,3)13)6-5-8(11(14)15)10(7)16-4/h5,9H,6,13H2,1-4H3,(H,14,15). The lowest BCUT2D eigenvalue weighted by molar-refractivity contribution is -0.132. The van der Waals surface area contributed by atoms with E-state index in [2.05, 4.69) is 0 Å². The number of aliphatic carboxylic acids is 1. The zero-order valence-electron chi connectivity index (χ0n) is 10.2. The minimum atomic E-state index is -0.954. The topological polar surface area (TPSA) is 72.5 Å². The number of ether oxygens (including phenoxy) is 1. The van der Waals surface area contributed by atoms with Gasteiger partial charge in [-0.05, 0) is 32.8 Å². The molecule has 1 rings (SSSR count). The van der Waals surface area contributed by atoms with Crippen LogP contribution in [0.2, 0.25) is 0 Å². The van der Waals surface area contributed by atoms with Crippen LogP contribution in [0.1, 0.15) is 27.2 Å². The average Bonchev–Trinajstić information content (AvgIpc) is 2.14. The van der Waals surface area contributed by atoms with E-state index in [1.165, 1.54) is 7.11 Å². The summed E-state index contributed by atoms with van der Waals surface area (Å²) in [4.78, 5) is 11.0. The fraction of sp³-hybridized carbons (Fsp3) is 0.583. The zero-order chi connectivity index (χ0) is 12.5. The van der Waals surface area contributed by atoms with Crippen molar-refractivity contribution >= 4 is 5.97 Å². The summed E-state index contributed by atoms with van der Waals surface area (Å²) in [6.45, 7) is 5.76. The van der Waals surface area contributed by atoms with Gasteiger partial charge in [0.1, 0.15) is 5.76 Å². The summed E-state index contributed by atoms with van der Waals surface area (Å²) in [5, 5.41) is 9.03. The van der Waals surface area contributed by atoms with E-state index in [0.29, 0.717) is 12.2 Å². The van der Waals surface area contributed by atoms with Crippen LogP contribution in [0.25, 0.3) is 0 Å². The van der Waals surface area contributed by atoms with Gasteiger partial charge in [-0.1, -0.05) is 6.08 Å². The maximum atomic E-state index is 11.0. The predicted octanol–water partition coefficient (Wildman–Crippen LogP) is 1.68. The van der Waals surface area contributed by atoms with Crippen LogP contribution in [0.5, 0.6) is 0 Å². The second kappa shape index (κ2) is 4.29. The van der Waals surface area contributed by atoms with E-state index in [1.54, 1.807) is 6.08 Å². The van der Waals surface area contributed by atoms with Gasteiger partial charge in [0, 0.05) is 11.5 Å². The monoisotopic (exact) mass is 225 g/mol. The van der Waals surface area contributed by atoms with E-state index in [1.807, 2.05) is 20.8 Å². The molecule has 0 aromatic heterocycles.